The first-order chi connectivity index (χ1) is 11.8. The van der Waals surface area contributed by atoms with Crippen LogP contribution in [0.2, 0.25) is 0 Å². The molecule has 1 atom stereocenters. The van der Waals surface area contributed by atoms with Gasteiger partial charge >= 0.3 is 0 Å². The highest BCUT2D eigenvalue weighted by molar-refractivity contribution is 7.13. The van der Waals surface area contributed by atoms with Gasteiger partial charge in [0.15, 0.2) is 6.10 Å². The van der Waals surface area contributed by atoms with Crippen LogP contribution < -0.4 is 10.1 Å². The first kappa shape index (κ1) is 16.2. The third-order valence-electron chi connectivity index (χ3n) is 3.52. The van der Waals surface area contributed by atoms with E-state index in [-0.39, 0.29) is 5.91 Å². The van der Waals surface area contributed by atoms with Gasteiger partial charge in [-0.3, -0.25) is 4.79 Å². The Labute approximate surface area is 145 Å². The zero-order valence-electron chi connectivity index (χ0n) is 13.3. The van der Waals surface area contributed by atoms with Gasteiger partial charge in [-0.1, -0.05) is 25.1 Å². The standard InChI is InChI=1S/C19H18N2O2S/c1-2-17(23-16-6-4-3-5-7-16)18(22)21-15-10-8-14(9-11-15)19-20-12-13-24-19/h3-13,17H,2H2,1H3,(H,21,22)/t17-/m1/s1. The van der Waals surface area contributed by atoms with Crippen LogP contribution in [0.15, 0.2) is 66.2 Å². The summed E-state index contributed by atoms with van der Waals surface area (Å²) >= 11 is 1.59. The normalized spacial score (nSPS) is 11.7. The second-order valence-electron chi connectivity index (χ2n) is 5.23. The van der Waals surface area contributed by atoms with Crippen LogP contribution in [0.5, 0.6) is 5.75 Å². The summed E-state index contributed by atoms with van der Waals surface area (Å²) in [6, 6.07) is 17.0. The topological polar surface area (TPSA) is 51.2 Å². The van der Waals surface area contributed by atoms with E-state index in [9.17, 15) is 4.79 Å². The van der Waals surface area contributed by atoms with Crippen molar-refractivity contribution in [2.24, 2.45) is 0 Å². The molecule has 0 aliphatic rings. The third-order valence-corrected chi connectivity index (χ3v) is 4.34. The minimum Gasteiger partial charge on any atom is -0.481 e. The number of nitrogens with zero attached hydrogens (tertiary/aromatic N) is 1. The monoisotopic (exact) mass is 338 g/mol. The molecule has 0 aliphatic carbocycles. The average Bonchev–Trinajstić information content (AvgIpc) is 3.16. The molecule has 122 valence electrons. The lowest BCUT2D eigenvalue weighted by molar-refractivity contribution is -0.122. The van der Waals surface area contributed by atoms with Crippen LogP contribution in [0.3, 0.4) is 0 Å². The number of carbonyl (C=O) groups excluding carboxylic acids is 1. The Kier molecular flexibility index (Phi) is 5.23. The zero-order valence-corrected chi connectivity index (χ0v) is 14.1. The largest absolute Gasteiger partial charge is 0.481 e. The van der Waals surface area contributed by atoms with Crippen LogP contribution in [-0.4, -0.2) is 17.0 Å². The van der Waals surface area contributed by atoms with Gasteiger partial charge in [0.05, 0.1) is 0 Å². The molecule has 0 spiro atoms. The Hall–Kier alpha value is -2.66. The van der Waals surface area contributed by atoms with Crippen molar-refractivity contribution in [1.82, 2.24) is 4.98 Å². The number of para-hydroxylation sites is 1. The second-order valence-corrected chi connectivity index (χ2v) is 6.13. The minimum atomic E-state index is -0.522. The lowest BCUT2D eigenvalue weighted by Gasteiger charge is -2.17. The van der Waals surface area contributed by atoms with E-state index in [0.29, 0.717) is 12.2 Å². The highest BCUT2D eigenvalue weighted by Gasteiger charge is 2.18. The molecule has 3 aromatic rings. The summed E-state index contributed by atoms with van der Waals surface area (Å²) in [5.74, 6) is 0.543. The predicted molar refractivity (Wildman–Crippen MR) is 97.3 cm³/mol. The molecule has 4 nitrogen and oxygen atoms in total. The number of ether oxygens (including phenoxy) is 1. The fourth-order valence-electron chi connectivity index (χ4n) is 2.27. The Morgan fingerprint density at radius 3 is 2.54 bits per heavy atom. The van der Waals surface area contributed by atoms with Gasteiger partial charge in [0.2, 0.25) is 0 Å². The molecule has 5 heteroatoms. The molecule has 3 rings (SSSR count). The summed E-state index contributed by atoms with van der Waals surface area (Å²) in [7, 11) is 0. The van der Waals surface area contributed by atoms with Gasteiger partial charge < -0.3 is 10.1 Å². The molecule has 0 unspecified atom stereocenters. The predicted octanol–water partition coefficient (Wildman–Crippen LogP) is 4.61. The molecule has 24 heavy (non-hydrogen) atoms. The van der Waals surface area contributed by atoms with Crippen molar-refractivity contribution in [3.8, 4) is 16.3 Å². The fraction of sp³-hybridized carbons (Fsp3) is 0.158. The second kappa shape index (κ2) is 7.75. The highest BCUT2D eigenvalue weighted by Crippen LogP contribution is 2.23. The maximum atomic E-state index is 12.4. The molecular formula is C19H18N2O2S. The van der Waals surface area contributed by atoms with E-state index in [1.165, 1.54) is 0 Å². The van der Waals surface area contributed by atoms with Gasteiger partial charge in [-0.25, -0.2) is 4.98 Å². The van der Waals surface area contributed by atoms with Gasteiger partial charge in [0, 0.05) is 22.8 Å². The van der Waals surface area contributed by atoms with Crippen LogP contribution in [0, 0.1) is 0 Å². The summed E-state index contributed by atoms with van der Waals surface area (Å²) in [6.07, 6.45) is 1.85. The molecular weight excluding hydrogens is 320 g/mol. The maximum absolute atomic E-state index is 12.4. The van der Waals surface area contributed by atoms with Crippen LogP contribution in [0.1, 0.15) is 13.3 Å². The van der Waals surface area contributed by atoms with Crippen LogP contribution in [0.25, 0.3) is 10.6 Å². The highest BCUT2D eigenvalue weighted by atomic mass is 32.1. The Bertz CT molecular complexity index is 771. The van der Waals surface area contributed by atoms with Crippen LogP contribution >= 0.6 is 11.3 Å². The van der Waals surface area contributed by atoms with E-state index in [4.69, 9.17) is 4.74 Å². The van der Waals surface area contributed by atoms with Crippen molar-refractivity contribution in [2.45, 2.75) is 19.4 Å². The number of hydrogen-bond donors (Lipinski definition) is 1. The molecule has 0 saturated heterocycles. The van der Waals surface area contributed by atoms with E-state index in [1.807, 2.05) is 66.9 Å². The first-order valence-corrected chi connectivity index (χ1v) is 8.66. The van der Waals surface area contributed by atoms with Crippen LogP contribution in [0.4, 0.5) is 5.69 Å². The summed E-state index contributed by atoms with van der Waals surface area (Å²) < 4.78 is 5.76. The van der Waals surface area contributed by atoms with Gasteiger partial charge in [0.25, 0.3) is 5.91 Å². The van der Waals surface area contributed by atoms with Crippen molar-refractivity contribution >= 4 is 22.9 Å². The maximum Gasteiger partial charge on any atom is 0.265 e. The van der Waals surface area contributed by atoms with E-state index >= 15 is 0 Å². The molecule has 0 radical (unpaired) electrons. The lowest BCUT2D eigenvalue weighted by atomic mass is 10.2. The van der Waals surface area contributed by atoms with Gasteiger partial charge in [-0.2, -0.15) is 0 Å². The van der Waals surface area contributed by atoms with Crippen LogP contribution in [-0.2, 0) is 4.79 Å². The molecule has 1 heterocycles. The summed E-state index contributed by atoms with van der Waals surface area (Å²) in [6.45, 7) is 1.93. The van der Waals surface area contributed by atoms with E-state index in [2.05, 4.69) is 10.3 Å². The SMILES string of the molecule is CC[C@@H](Oc1ccccc1)C(=O)Nc1ccc(-c2nccs2)cc1. The number of rotatable bonds is 6. The van der Waals surface area contributed by atoms with E-state index in [0.717, 1.165) is 16.3 Å². The number of carbonyl (C=O) groups is 1. The molecule has 0 saturated carbocycles. The van der Waals surface area contributed by atoms with E-state index < -0.39 is 6.10 Å². The first-order valence-electron chi connectivity index (χ1n) is 7.78. The van der Waals surface area contributed by atoms with Gasteiger partial charge in [0.1, 0.15) is 10.8 Å². The van der Waals surface area contributed by atoms with Crippen molar-refractivity contribution in [2.75, 3.05) is 5.32 Å². The average molecular weight is 338 g/mol. The van der Waals surface area contributed by atoms with E-state index in [1.54, 1.807) is 17.5 Å². The van der Waals surface area contributed by atoms with Crippen molar-refractivity contribution in [1.29, 1.82) is 0 Å². The fourth-order valence-corrected chi connectivity index (χ4v) is 2.91. The quantitative estimate of drug-likeness (QED) is 0.714. The molecule has 2 aromatic carbocycles. The number of hydrogen-bond acceptors (Lipinski definition) is 4. The summed E-state index contributed by atoms with van der Waals surface area (Å²) in [5, 5.41) is 5.81. The molecule has 1 N–H and O–H groups in total. The van der Waals surface area contributed by atoms with Gasteiger partial charge in [-0.05, 0) is 42.8 Å². The smallest absolute Gasteiger partial charge is 0.265 e. The Morgan fingerprint density at radius 2 is 1.92 bits per heavy atom. The van der Waals surface area contributed by atoms with Gasteiger partial charge in [-0.15, -0.1) is 11.3 Å². The molecule has 1 amide bonds. The summed E-state index contributed by atoms with van der Waals surface area (Å²) in [4.78, 5) is 16.7. The van der Waals surface area contributed by atoms with Crippen molar-refractivity contribution < 1.29 is 9.53 Å². The number of aromatic nitrogens is 1. The Balaban J connectivity index is 1.64. The van der Waals surface area contributed by atoms with Crippen molar-refractivity contribution in [3.05, 3.63) is 66.2 Å². The summed E-state index contributed by atoms with van der Waals surface area (Å²) in [5.41, 5.74) is 1.78. The number of benzene rings is 2. The Morgan fingerprint density at radius 1 is 1.17 bits per heavy atom. The number of amides is 1. The van der Waals surface area contributed by atoms with Crippen molar-refractivity contribution in [3.63, 3.8) is 0 Å². The zero-order chi connectivity index (χ0) is 16.8. The third kappa shape index (κ3) is 4.00. The minimum absolute atomic E-state index is 0.150. The molecule has 0 bridgehead atoms. The molecule has 0 fully saturated rings. The number of thiazole rings is 1. The number of anilines is 1. The molecule has 1 aromatic heterocycles. The lowest BCUT2D eigenvalue weighted by Crippen LogP contribution is -2.32. The molecule has 0 aliphatic heterocycles. The number of nitrogens with one attached hydrogen (secondary N) is 1.